The van der Waals surface area contributed by atoms with E-state index in [1.807, 2.05) is 18.4 Å². The van der Waals surface area contributed by atoms with Gasteiger partial charge < -0.3 is 10.5 Å². The van der Waals surface area contributed by atoms with Crippen molar-refractivity contribution in [3.8, 4) is 5.75 Å². The van der Waals surface area contributed by atoms with E-state index >= 15 is 0 Å². The van der Waals surface area contributed by atoms with Gasteiger partial charge in [-0.25, -0.2) is 4.39 Å². The molecule has 0 aliphatic rings. The van der Waals surface area contributed by atoms with Crippen LogP contribution < -0.4 is 10.5 Å². The normalized spacial score (nSPS) is 12.4. The Morgan fingerprint density at radius 1 is 1.39 bits per heavy atom. The maximum atomic E-state index is 13.1. The topological polar surface area (TPSA) is 35.2 Å². The van der Waals surface area contributed by atoms with Crippen LogP contribution in [0.25, 0.3) is 0 Å². The van der Waals surface area contributed by atoms with Crippen molar-refractivity contribution in [1.82, 2.24) is 0 Å². The highest BCUT2D eigenvalue weighted by Gasteiger charge is 2.09. The first-order chi connectivity index (χ1) is 8.66. The molecule has 0 aliphatic heterocycles. The van der Waals surface area contributed by atoms with Crippen molar-refractivity contribution in [2.75, 3.05) is 6.61 Å². The lowest BCUT2D eigenvalue weighted by molar-refractivity contribution is 0.317. The highest BCUT2D eigenvalue weighted by molar-refractivity contribution is 7.09. The van der Waals surface area contributed by atoms with Gasteiger partial charge in [0.1, 0.15) is 11.6 Å². The zero-order valence-corrected chi connectivity index (χ0v) is 11.0. The third kappa shape index (κ3) is 3.31. The fourth-order valence-electron chi connectivity index (χ4n) is 1.72. The van der Waals surface area contributed by atoms with Gasteiger partial charge in [0.15, 0.2) is 0 Å². The molecule has 2 aromatic rings. The average Bonchev–Trinajstić information content (AvgIpc) is 2.84. The molecule has 4 heteroatoms. The molecule has 2 N–H and O–H groups in total. The Bertz CT molecular complexity index is 497. The Labute approximate surface area is 110 Å². The second kappa shape index (κ2) is 5.98. The number of ether oxygens (including phenoxy) is 1. The number of benzene rings is 1. The van der Waals surface area contributed by atoms with Gasteiger partial charge in [0.2, 0.25) is 0 Å². The van der Waals surface area contributed by atoms with Crippen molar-refractivity contribution in [3.05, 3.63) is 52.0 Å². The maximum absolute atomic E-state index is 13.1. The van der Waals surface area contributed by atoms with Crippen molar-refractivity contribution in [1.29, 1.82) is 0 Å². The molecule has 0 bridgehead atoms. The summed E-state index contributed by atoms with van der Waals surface area (Å²) in [5.41, 5.74) is 6.51. The van der Waals surface area contributed by atoms with Gasteiger partial charge in [0.25, 0.3) is 0 Å². The van der Waals surface area contributed by atoms with Gasteiger partial charge in [0.05, 0.1) is 6.61 Å². The molecule has 0 aliphatic carbocycles. The zero-order chi connectivity index (χ0) is 13.0. The smallest absolute Gasteiger partial charge is 0.124 e. The van der Waals surface area contributed by atoms with E-state index in [4.69, 9.17) is 10.5 Å². The number of hydrogen-bond donors (Lipinski definition) is 1. The van der Waals surface area contributed by atoms with E-state index in [0.717, 1.165) is 6.42 Å². The first kappa shape index (κ1) is 13.1. The molecule has 96 valence electrons. The van der Waals surface area contributed by atoms with Crippen molar-refractivity contribution >= 4 is 11.3 Å². The molecule has 0 saturated heterocycles. The molecule has 1 heterocycles. The minimum Gasteiger partial charge on any atom is -0.493 e. The van der Waals surface area contributed by atoms with Crippen molar-refractivity contribution in [2.24, 2.45) is 5.73 Å². The summed E-state index contributed by atoms with van der Waals surface area (Å²) in [5.74, 6) is 0.385. The largest absolute Gasteiger partial charge is 0.493 e. The molecule has 1 aromatic heterocycles. The van der Waals surface area contributed by atoms with Crippen molar-refractivity contribution < 1.29 is 9.13 Å². The first-order valence-electron chi connectivity index (χ1n) is 5.87. The van der Waals surface area contributed by atoms with Crippen LogP contribution in [-0.4, -0.2) is 6.61 Å². The van der Waals surface area contributed by atoms with Gasteiger partial charge in [-0.2, -0.15) is 0 Å². The summed E-state index contributed by atoms with van der Waals surface area (Å²) >= 11 is 1.71. The van der Waals surface area contributed by atoms with E-state index in [9.17, 15) is 4.39 Å². The van der Waals surface area contributed by atoms with Gasteiger partial charge in [-0.05, 0) is 36.6 Å². The first-order valence-corrected chi connectivity index (χ1v) is 6.75. The van der Waals surface area contributed by atoms with Crippen molar-refractivity contribution in [3.63, 3.8) is 0 Å². The lowest BCUT2D eigenvalue weighted by atomic mass is 10.1. The molecule has 1 aromatic carbocycles. The molecule has 2 nitrogen and oxygen atoms in total. The molecule has 0 saturated carbocycles. The number of nitrogens with two attached hydrogens (primary N) is 1. The molecule has 0 radical (unpaired) electrons. The lowest BCUT2D eigenvalue weighted by Gasteiger charge is -2.13. The standard InChI is InChI=1S/C14H16FNOS/c1-10(16)13-9-11(15)4-5-14(13)17-7-6-12-3-2-8-18-12/h2-5,8-10H,6-7,16H2,1H3/t10-/m0/s1. The van der Waals surface area contributed by atoms with Crippen LogP contribution in [0.2, 0.25) is 0 Å². The van der Waals surface area contributed by atoms with E-state index in [0.29, 0.717) is 17.9 Å². The predicted molar refractivity (Wildman–Crippen MR) is 72.5 cm³/mol. The third-order valence-corrected chi connectivity index (χ3v) is 3.58. The molecule has 0 spiro atoms. The fourth-order valence-corrected chi connectivity index (χ4v) is 2.41. The Hall–Kier alpha value is -1.39. The van der Waals surface area contributed by atoms with Crippen LogP contribution in [0.4, 0.5) is 4.39 Å². The van der Waals surface area contributed by atoms with E-state index in [1.54, 1.807) is 17.4 Å². The summed E-state index contributed by atoms with van der Waals surface area (Å²) in [6.07, 6.45) is 0.855. The van der Waals surface area contributed by atoms with Gasteiger partial charge in [-0.1, -0.05) is 6.07 Å². The van der Waals surface area contributed by atoms with E-state index in [-0.39, 0.29) is 11.9 Å². The van der Waals surface area contributed by atoms with Crippen LogP contribution in [0.1, 0.15) is 23.4 Å². The highest BCUT2D eigenvalue weighted by Crippen LogP contribution is 2.25. The average molecular weight is 265 g/mol. The van der Waals surface area contributed by atoms with E-state index in [2.05, 4.69) is 6.07 Å². The zero-order valence-electron chi connectivity index (χ0n) is 10.2. The molecule has 0 unspecified atom stereocenters. The number of halogens is 1. The SMILES string of the molecule is C[C@H](N)c1cc(F)ccc1OCCc1cccs1. The highest BCUT2D eigenvalue weighted by atomic mass is 32.1. The second-order valence-corrected chi connectivity index (χ2v) is 5.18. The van der Waals surface area contributed by atoms with Crippen molar-refractivity contribution in [2.45, 2.75) is 19.4 Å². The minimum absolute atomic E-state index is 0.238. The summed E-state index contributed by atoms with van der Waals surface area (Å²) in [4.78, 5) is 1.28. The molecule has 0 fully saturated rings. The quantitative estimate of drug-likeness (QED) is 0.897. The molecule has 18 heavy (non-hydrogen) atoms. The Kier molecular flexibility index (Phi) is 4.33. The molecular formula is C14H16FNOS. The number of thiophene rings is 1. The number of hydrogen-bond acceptors (Lipinski definition) is 3. The van der Waals surface area contributed by atoms with Crippen LogP contribution in [-0.2, 0) is 6.42 Å². The Morgan fingerprint density at radius 3 is 2.89 bits per heavy atom. The molecule has 0 amide bonds. The van der Waals surface area contributed by atoms with Gasteiger partial charge in [-0.3, -0.25) is 0 Å². The van der Waals surface area contributed by atoms with Crippen LogP contribution in [0.5, 0.6) is 5.75 Å². The van der Waals surface area contributed by atoms with Crippen LogP contribution >= 0.6 is 11.3 Å². The van der Waals surface area contributed by atoms with E-state index in [1.165, 1.54) is 17.0 Å². The second-order valence-electron chi connectivity index (χ2n) is 4.15. The van der Waals surface area contributed by atoms with Crippen LogP contribution in [0.15, 0.2) is 35.7 Å². The molecular weight excluding hydrogens is 249 g/mol. The predicted octanol–water partition coefficient (Wildman–Crippen LogP) is 3.53. The summed E-state index contributed by atoms with van der Waals surface area (Å²) in [7, 11) is 0. The van der Waals surface area contributed by atoms with Gasteiger partial charge in [0, 0.05) is 22.9 Å². The summed E-state index contributed by atoms with van der Waals surface area (Å²) < 4.78 is 18.8. The summed E-state index contributed by atoms with van der Waals surface area (Å²) in [6, 6.07) is 8.33. The monoisotopic (exact) mass is 265 g/mol. The lowest BCUT2D eigenvalue weighted by Crippen LogP contribution is -2.09. The maximum Gasteiger partial charge on any atom is 0.124 e. The van der Waals surface area contributed by atoms with Crippen LogP contribution in [0, 0.1) is 5.82 Å². The van der Waals surface area contributed by atoms with E-state index < -0.39 is 0 Å². The molecule has 1 atom stereocenters. The minimum atomic E-state index is -0.284. The Balaban J connectivity index is 2.00. The van der Waals surface area contributed by atoms with Gasteiger partial charge >= 0.3 is 0 Å². The summed E-state index contributed by atoms with van der Waals surface area (Å²) in [5, 5.41) is 2.04. The fraction of sp³-hybridized carbons (Fsp3) is 0.286. The summed E-state index contributed by atoms with van der Waals surface area (Å²) in [6.45, 7) is 2.40. The Morgan fingerprint density at radius 2 is 2.22 bits per heavy atom. The van der Waals surface area contributed by atoms with Gasteiger partial charge in [-0.15, -0.1) is 11.3 Å². The molecule has 2 rings (SSSR count). The van der Waals surface area contributed by atoms with Crippen LogP contribution in [0.3, 0.4) is 0 Å². The third-order valence-electron chi connectivity index (χ3n) is 2.65. The number of rotatable bonds is 5.